The topological polar surface area (TPSA) is 48.0 Å². The van der Waals surface area contributed by atoms with E-state index in [-0.39, 0.29) is 17.2 Å². The summed E-state index contributed by atoms with van der Waals surface area (Å²) in [7, 11) is 2.89. The molecule has 2 fully saturated rings. The van der Waals surface area contributed by atoms with E-state index >= 15 is 0 Å². The van der Waals surface area contributed by atoms with E-state index in [1.807, 2.05) is 0 Å². The predicted octanol–water partition coefficient (Wildman–Crippen LogP) is 2.73. The molecule has 1 atom stereocenters. The number of benzene rings is 1. The van der Waals surface area contributed by atoms with Crippen molar-refractivity contribution < 1.29 is 23.4 Å². The van der Waals surface area contributed by atoms with Crippen molar-refractivity contribution >= 4 is 5.91 Å². The molecule has 2 heterocycles. The minimum atomic E-state index is -0.577. The molecule has 1 unspecified atom stereocenters. The molecule has 1 aromatic rings. The number of rotatable bonds is 4. The van der Waals surface area contributed by atoms with Gasteiger partial charge in [0, 0.05) is 26.3 Å². The first-order valence-corrected chi connectivity index (χ1v) is 8.43. The minimum absolute atomic E-state index is 0.0375. The van der Waals surface area contributed by atoms with E-state index in [4.69, 9.17) is 14.2 Å². The summed E-state index contributed by atoms with van der Waals surface area (Å²) in [5.41, 5.74) is -0.0375. The van der Waals surface area contributed by atoms with E-state index in [1.165, 1.54) is 26.4 Å². The van der Waals surface area contributed by atoms with Crippen molar-refractivity contribution in [2.45, 2.75) is 19.3 Å². The highest BCUT2D eigenvalue weighted by molar-refractivity contribution is 5.98. The Kier molecular flexibility index (Phi) is 5.23. The van der Waals surface area contributed by atoms with Crippen LogP contribution < -0.4 is 9.47 Å². The Bertz CT molecular complexity index is 601. The number of amides is 1. The fourth-order valence-corrected chi connectivity index (χ4v) is 3.80. The molecule has 24 heavy (non-hydrogen) atoms. The van der Waals surface area contributed by atoms with Crippen LogP contribution >= 0.6 is 0 Å². The van der Waals surface area contributed by atoms with Crippen molar-refractivity contribution in [1.29, 1.82) is 0 Å². The van der Waals surface area contributed by atoms with Crippen LogP contribution in [0, 0.1) is 17.7 Å². The number of hydrogen-bond donors (Lipinski definition) is 0. The number of likely N-dealkylation sites (tertiary alicyclic amines) is 1. The average molecular weight is 337 g/mol. The van der Waals surface area contributed by atoms with E-state index in [0.717, 1.165) is 32.5 Å². The number of ether oxygens (including phenoxy) is 3. The van der Waals surface area contributed by atoms with Gasteiger partial charge in [-0.2, -0.15) is 0 Å². The number of methoxy groups -OCH3 is 2. The number of carbonyl (C=O) groups excluding carboxylic acids is 1. The zero-order valence-electron chi connectivity index (χ0n) is 14.2. The second-order valence-electron chi connectivity index (χ2n) is 6.41. The standard InChI is InChI=1S/C18H24FNO4/c1-22-15-4-3-14(19)16(17(15)23-2)18(21)20-8-5-13(11-20)12-6-9-24-10-7-12/h3-4,12-13H,5-11H2,1-2H3. The Hall–Kier alpha value is -1.82. The highest BCUT2D eigenvalue weighted by Crippen LogP contribution is 2.36. The largest absolute Gasteiger partial charge is 0.493 e. The van der Waals surface area contributed by atoms with Crippen molar-refractivity contribution in [1.82, 2.24) is 4.90 Å². The molecule has 0 spiro atoms. The molecule has 2 aliphatic rings. The molecule has 132 valence electrons. The van der Waals surface area contributed by atoms with Gasteiger partial charge in [-0.3, -0.25) is 4.79 Å². The Balaban J connectivity index is 1.77. The highest BCUT2D eigenvalue weighted by atomic mass is 19.1. The van der Waals surface area contributed by atoms with Gasteiger partial charge in [-0.05, 0) is 43.2 Å². The summed E-state index contributed by atoms with van der Waals surface area (Å²) in [4.78, 5) is 14.6. The molecule has 0 aliphatic carbocycles. The van der Waals surface area contributed by atoms with Gasteiger partial charge in [0.25, 0.3) is 5.91 Å². The van der Waals surface area contributed by atoms with E-state index in [0.29, 0.717) is 30.7 Å². The van der Waals surface area contributed by atoms with Gasteiger partial charge in [0.2, 0.25) is 0 Å². The van der Waals surface area contributed by atoms with Crippen molar-refractivity contribution in [2.75, 3.05) is 40.5 Å². The second kappa shape index (κ2) is 7.38. The number of hydrogen-bond acceptors (Lipinski definition) is 4. The molecule has 6 heteroatoms. The van der Waals surface area contributed by atoms with Crippen LogP contribution in [0.5, 0.6) is 11.5 Å². The van der Waals surface area contributed by atoms with Gasteiger partial charge in [-0.15, -0.1) is 0 Å². The summed E-state index contributed by atoms with van der Waals surface area (Å²) in [5, 5.41) is 0. The molecule has 2 saturated heterocycles. The van der Waals surface area contributed by atoms with Crippen molar-refractivity contribution in [2.24, 2.45) is 11.8 Å². The molecule has 2 aliphatic heterocycles. The van der Waals surface area contributed by atoms with Crippen LogP contribution in [0.25, 0.3) is 0 Å². The number of halogens is 1. The zero-order chi connectivity index (χ0) is 17.1. The van der Waals surface area contributed by atoms with Gasteiger partial charge in [0.1, 0.15) is 11.4 Å². The quantitative estimate of drug-likeness (QED) is 0.848. The van der Waals surface area contributed by atoms with E-state index in [2.05, 4.69) is 0 Å². The summed E-state index contributed by atoms with van der Waals surface area (Å²) in [6.45, 7) is 2.92. The van der Waals surface area contributed by atoms with Gasteiger partial charge in [0.15, 0.2) is 11.5 Å². The van der Waals surface area contributed by atoms with Gasteiger partial charge >= 0.3 is 0 Å². The molecular formula is C18H24FNO4. The van der Waals surface area contributed by atoms with Gasteiger partial charge in [-0.1, -0.05) is 0 Å². The van der Waals surface area contributed by atoms with Crippen LogP contribution in [0.15, 0.2) is 12.1 Å². The Morgan fingerprint density at radius 2 is 1.92 bits per heavy atom. The van der Waals surface area contributed by atoms with Crippen LogP contribution in [0.3, 0.4) is 0 Å². The van der Waals surface area contributed by atoms with Crippen LogP contribution in [0.4, 0.5) is 4.39 Å². The minimum Gasteiger partial charge on any atom is -0.493 e. The third-order valence-electron chi connectivity index (χ3n) is 5.15. The summed E-state index contributed by atoms with van der Waals surface area (Å²) in [5.74, 6) is 0.690. The average Bonchev–Trinajstić information content (AvgIpc) is 3.11. The zero-order valence-corrected chi connectivity index (χ0v) is 14.2. The molecule has 3 rings (SSSR count). The highest BCUT2D eigenvalue weighted by Gasteiger charge is 2.35. The van der Waals surface area contributed by atoms with Crippen LogP contribution in [0.1, 0.15) is 29.6 Å². The lowest BCUT2D eigenvalue weighted by Gasteiger charge is -2.27. The lowest BCUT2D eigenvalue weighted by atomic mass is 9.85. The van der Waals surface area contributed by atoms with Crippen LogP contribution in [-0.2, 0) is 4.74 Å². The monoisotopic (exact) mass is 337 g/mol. The Morgan fingerprint density at radius 1 is 1.17 bits per heavy atom. The summed E-state index contributed by atoms with van der Waals surface area (Å²) in [6.07, 6.45) is 3.05. The molecule has 0 N–H and O–H groups in total. The van der Waals surface area contributed by atoms with E-state index in [9.17, 15) is 9.18 Å². The summed E-state index contributed by atoms with van der Waals surface area (Å²) >= 11 is 0. The van der Waals surface area contributed by atoms with Crippen molar-refractivity contribution in [3.8, 4) is 11.5 Å². The molecule has 1 aromatic carbocycles. The van der Waals surface area contributed by atoms with Crippen molar-refractivity contribution in [3.05, 3.63) is 23.5 Å². The fourth-order valence-electron chi connectivity index (χ4n) is 3.80. The smallest absolute Gasteiger partial charge is 0.260 e. The second-order valence-corrected chi connectivity index (χ2v) is 6.41. The van der Waals surface area contributed by atoms with Crippen molar-refractivity contribution in [3.63, 3.8) is 0 Å². The van der Waals surface area contributed by atoms with Crippen LogP contribution in [0.2, 0.25) is 0 Å². The number of nitrogens with zero attached hydrogens (tertiary/aromatic N) is 1. The van der Waals surface area contributed by atoms with E-state index in [1.54, 1.807) is 4.90 Å². The van der Waals surface area contributed by atoms with Crippen LogP contribution in [-0.4, -0.2) is 51.3 Å². The fraction of sp³-hybridized carbons (Fsp3) is 0.611. The number of carbonyl (C=O) groups is 1. The SMILES string of the molecule is COc1ccc(F)c(C(=O)N2CCC(C3CCOCC3)C2)c1OC. The molecule has 0 radical (unpaired) electrons. The molecule has 0 bridgehead atoms. The normalized spacial score (nSPS) is 21.8. The van der Waals surface area contributed by atoms with Gasteiger partial charge in [0.05, 0.1) is 14.2 Å². The maximum Gasteiger partial charge on any atom is 0.260 e. The third-order valence-corrected chi connectivity index (χ3v) is 5.15. The first-order valence-electron chi connectivity index (χ1n) is 8.43. The maximum absolute atomic E-state index is 14.3. The molecule has 1 amide bonds. The first kappa shape index (κ1) is 17.0. The summed E-state index contributed by atoms with van der Waals surface area (Å²) in [6, 6.07) is 2.72. The van der Waals surface area contributed by atoms with E-state index < -0.39 is 5.82 Å². The van der Waals surface area contributed by atoms with Gasteiger partial charge < -0.3 is 19.1 Å². The predicted molar refractivity (Wildman–Crippen MR) is 87.1 cm³/mol. The lowest BCUT2D eigenvalue weighted by Crippen LogP contribution is -2.32. The molecule has 0 saturated carbocycles. The first-order chi connectivity index (χ1) is 11.7. The maximum atomic E-state index is 14.3. The summed E-state index contributed by atoms with van der Waals surface area (Å²) < 4.78 is 30.2. The molecule has 5 nitrogen and oxygen atoms in total. The molecular weight excluding hydrogens is 313 g/mol. The Labute approximate surface area is 141 Å². The molecule has 0 aromatic heterocycles. The van der Waals surface area contributed by atoms with Gasteiger partial charge in [-0.25, -0.2) is 4.39 Å². The third kappa shape index (κ3) is 3.20. The lowest BCUT2D eigenvalue weighted by molar-refractivity contribution is 0.0471. The Morgan fingerprint density at radius 3 is 2.58 bits per heavy atom.